The van der Waals surface area contributed by atoms with Crippen molar-refractivity contribution < 1.29 is 4.79 Å². The summed E-state index contributed by atoms with van der Waals surface area (Å²) in [6, 6.07) is 13.6. The molecule has 0 aromatic heterocycles. The predicted octanol–water partition coefficient (Wildman–Crippen LogP) is 3.87. The quantitative estimate of drug-likeness (QED) is 0.874. The Kier molecular flexibility index (Phi) is 4.78. The van der Waals surface area contributed by atoms with Gasteiger partial charge in [-0.15, -0.1) is 0 Å². The van der Waals surface area contributed by atoms with Crippen LogP contribution in [0.15, 0.2) is 36.4 Å². The molecule has 1 aliphatic rings. The van der Waals surface area contributed by atoms with Crippen molar-refractivity contribution in [3.63, 3.8) is 0 Å². The molecule has 0 bridgehead atoms. The molecule has 0 unspecified atom stereocenters. The molecule has 1 fully saturated rings. The van der Waals surface area contributed by atoms with Crippen LogP contribution < -0.4 is 5.32 Å². The fraction of sp³-hybridized carbons (Fsp3) is 0.333. The minimum absolute atomic E-state index is 0.0295. The zero-order chi connectivity index (χ0) is 17.1. The Morgan fingerprint density at radius 2 is 1.83 bits per heavy atom. The van der Waals surface area contributed by atoms with Gasteiger partial charge >= 0.3 is 0 Å². The van der Waals surface area contributed by atoms with E-state index in [0.717, 1.165) is 48.2 Å². The number of hydrogen-bond donors (Lipinski definition) is 1. The summed E-state index contributed by atoms with van der Waals surface area (Å²) in [5.41, 5.74) is 5.04. The summed E-state index contributed by atoms with van der Waals surface area (Å²) >= 11 is 0. The second kappa shape index (κ2) is 6.98. The Labute approximate surface area is 143 Å². The lowest BCUT2D eigenvalue weighted by molar-refractivity contribution is 0.103. The fourth-order valence-corrected chi connectivity index (χ4v) is 3.59. The first-order valence-corrected chi connectivity index (χ1v) is 8.48. The standard InChI is InChI=1S/C21H22N2O/c1-14-12-18(13-22)20(16-8-10-23-11-9-16)19(15(14)2)21(24)17-6-4-3-5-7-17/h3-7,12,16,23H,8-11H2,1-2H3. The number of benzene rings is 2. The summed E-state index contributed by atoms with van der Waals surface area (Å²) in [5.74, 6) is 0.296. The lowest BCUT2D eigenvalue weighted by Crippen LogP contribution is -2.28. The SMILES string of the molecule is Cc1cc(C#N)c(C2CCNCC2)c(C(=O)c2ccccc2)c1C. The van der Waals surface area contributed by atoms with Gasteiger partial charge in [0.1, 0.15) is 0 Å². The highest BCUT2D eigenvalue weighted by atomic mass is 16.1. The second-order valence-corrected chi connectivity index (χ2v) is 6.49. The second-order valence-electron chi connectivity index (χ2n) is 6.49. The van der Waals surface area contributed by atoms with Crippen molar-refractivity contribution in [1.29, 1.82) is 5.26 Å². The van der Waals surface area contributed by atoms with Crippen LogP contribution in [0.25, 0.3) is 0 Å². The van der Waals surface area contributed by atoms with Gasteiger partial charge in [-0.3, -0.25) is 4.79 Å². The van der Waals surface area contributed by atoms with Crippen molar-refractivity contribution in [3.8, 4) is 6.07 Å². The van der Waals surface area contributed by atoms with E-state index in [0.29, 0.717) is 11.1 Å². The van der Waals surface area contributed by atoms with Crippen molar-refractivity contribution >= 4 is 5.78 Å². The molecule has 3 heteroatoms. The Balaban J connectivity index is 2.21. The Bertz CT molecular complexity index is 797. The van der Waals surface area contributed by atoms with E-state index < -0.39 is 0 Å². The molecule has 3 rings (SSSR count). The topological polar surface area (TPSA) is 52.9 Å². The van der Waals surface area contributed by atoms with Crippen molar-refractivity contribution in [2.24, 2.45) is 0 Å². The Morgan fingerprint density at radius 1 is 1.17 bits per heavy atom. The largest absolute Gasteiger partial charge is 0.317 e. The van der Waals surface area contributed by atoms with Crippen LogP contribution in [0.3, 0.4) is 0 Å². The number of rotatable bonds is 3. The van der Waals surface area contributed by atoms with Gasteiger partial charge in [0.15, 0.2) is 5.78 Å². The summed E-state index contributed by atoms with van der Waals surface area (Å²) in [5, 5.41) is 13.0. The van der Waals surface area contributed by atoms with Gasteiger partial charge in [0.25, 0.3) is 0 Å². The van der Waals surface area contributed by atoms with Crippen LogP contribution in [-0.4, -0.2) is 18.9 Å². The molecule has 0 aliphatic carbocycles. The van der Waals surface area contributed by atoms with Crippen LogP contribution in [-0.2, 0) is 0 Å². The molecule has 24 heavy (non-hydrogen) atoms. The highest BCUT2D eigenvalue weighted by Crippen LogP contribution is 2.35. The van der Waals surface area contributed by atoms with Crippen molar-refractivity contribution in [2.75, 3.05) is 13.1 Å². The maximum atomic E-state index is 13.2. The molecule has 2 aromatic carbocycles. The van der Waals surface area contributed by atoms with Gasteiger partial charge in [-0.25, -0.2) is 0 Å². The lowest BCUT2D eigenvalue weighted by atomic mass is 9.79. The number of ketones is 1. The maximum Gasteiger partial charge on any atom is 0.193 e. The maximum absolute atomic E-state index is 13.2. The number of aryl methyl sites for hydroxylation is 1. The third-order valence-corrected chi connectivity index (χ3v) is 5.02. The highest BCUT2D eigenvalue weighted by Gasteiger charge is 2.27. The van der Waals surface area contributed by atoms with E-state index in [4.69, 9.17) is 0 Å². The summed E-state index contributed by atoms with van der Waals surface area (Å²) in [6.07, 6.45) is 1.93. The number of piperidine rings is 1. The molecule has 0 amide bonds. The minimum atomic E-state index is 0.0295. The van der Waals surface area contributed by atoms with Gasteiger partial charge in [-0.05, 0) is 68.5 Å². The Hall–Kier alpha value is -2.44. The molecule has 0 radical (unpaired) electrons. The van der Waals surface area contributed by atoms with E-state index in [1.807, 2.05) is 50.2 Å². The molecule has 0 spiro atoms. The van der Waals surface area contributed by atoms with Crippen LogP contribution in [0.5, 0.6) is 0 Å². The minimum Gasteiger partial charge on any atom is -0.317 e. The van der Waals surface area contributed by atoms with Crippen LogP contribution in [0.4, 0.5) is 0 Å². The van der Waals surface area contributed by atoms with E-state index >= 15 is 0 Å². The van der Waals surface area contributed by atoms with Crippen LogP contribution >= 0.6 is 0 Å². The molecular weight excluding hydrogens is 296 g/mol. The van der Waals surface area contributed by atoms with Gasteiger partial charge < -0.3 is 5.32 Å². The fourth-order valence-electron chi connectivity index (χ4n) is 3.59. The molecule has 1 aliphatic heterocycles. The number of hydrogen-bond acceptors (Lipinski definition) is 3. The highest BCUT2D eigenvalue weighted by molar-refractivity contribution is 6.11. The lowest BCUT2D eigenvalue weighted by Gasteiger charge is -2.27. The van der Waals surface area contributed by atoms with Crippen LogP contribution in [0.1, 0.15) is 56.9 Å². The number of nitrogens with one attached hydrogen (secondary N) is 1. The van der Waals surface area contributed by atoms with Crippen molar-refractivity contribution in [2.45, 2.75) is 32.6 Å². The molecule has 1 saturated heterocycles. The van der Waals surface area contributed by atoms with Crippen LogP contribution in [0.2, 0.25) is 0 Å². The van der Waals surface area contributed by atoms with Gasteiger partial charge in [0.2, 0.25) is 0 Å². The van der Waals surface area contributed by atoms with E-state index in [1.165, 1.54) is 0 Å². The van der Waals surface area contributed by atoms with Crippen LogP contribution in [0, 0.1) is 25.2 Å². The molecule has 122 valence electrons. The summed E-state index contributed by atoms with van der Waals surface area (Å²) < 4.78 is 0. The number of nitrogens with zero attached hydrogens (tertiary/aromatic N) is 1. The van der Waals surface area contributed by atoms with Crippen molar-refractivity contribution in [1.82, 2.24) is 5.32 Å². The molecule has 2 aromatic rings. The molecule has 3 nitrogen and oxygen atoms in total. The Morgan fingerprint density at radius 3 is 2.46 bits per heavy atom. The molecule has 1 heterocycles. The molecule has 1 N–H and O–H groups in total. The predicted molar refractivity (Wildman–Crippen MR) is 95.4 cm³/mol. The molecule has 0 atom stereocenters. The first-order chi connectivity index (χ1) is 11.6. The van der Waals surface area contributed by atoms with Crippen molar-refractivity contribution in [3.05, 3.63) is 69.8 Å². The summed E-state index contributed by atoms with van der Waals surface area (Å²) in [4.78, 5) is 13.2. The zero-order valence-corrected chi connectivity index (χ0v) is 14.2. The van der Waals surface area contributed by atoms with Gasteiger partial charge in [0.05, 0.1) is 11.6 Å². The molecule has 0 saturated carbocycles. The number of carbonyl (C=O) groups excluding carboxylic acids is 1. The number of nitriles is 1. The number of carbonyl (C=O) groups is 1. The smallest absolute Gasteiger partial charge is 0.193 e. The summed E-state index contributed by atoms with van der Waals surface area (Å²) in [6.45, 7) is 5.84. The van der Waals surface area contributed by atoms with E-state index in [2.05, 4.69) is 11.4 Å². The zero-order valence-electron chi connectivity index (χ0n) is 14.2. The van der Waals surface area contributed by atoms with E-state index in [-0.39, 0.29) is 11.7 Å². The summed E-state index contributed by atoms with van der Waals surface area (Å²) in [7, 11) is 0. The monoisotopic (exact) mass is 318 g/mol. The van der Waals surface area contributed by atoms with E-state index in [9.17, 15) is 10.1 Å². The third-order valence-electron chi connectivity index (χ3n) is 5.02. The van der Waals surface area contributed by atoms with Gasteiger partial charge in [-0.2, -0.15) is 5.26 Å². The third kappa shape index (κ3) is 2.98. The molecular formula is C21H22N2O. The first kappa shape index (κ1) is 16.4. The van der Waals surface area contributed by atoms with E-state index in [1.54, 1.807) is 0 Å². The average Bonchev–Trinajstić information content (AvgIpc) is 2.64. The van der Waals surface area contributed by atoms with Gasteiger partial charge in [-0.1, -0.05) is 30.3 Å². The van der Waals surface area contributed by atoms with Gasteiger partial charge in [0, 0.05) is 11.1 Å². The first-order valence-electron chi connectivity index (χ1n) is 8.48. The normalized spacial score (nSPS) is 15.0. The average molecular weight is 318 g/mol.